The fourth-order valence-electron chi connectivity index (χ4n) is 1.41. The molecule has 0 saturated heterocycles. The second kappa shape index (κ2) is 4.76. The quantitative estimate of drug-likeness (QED) is 0.760. The van der Waals surface area contributed by atoms with E-state index in [1.807, 2.05) is 6.07 Å². The van der Waals surface area contributed by atoms with E-state index >= 15 is 0 Å². The highest BCUT2D eigenvalue weighted by atomic mass is 79.9. The van der Waals surface area contributed by atoms with Gasteiger partial charge in [0.25, 0.3) is 0 Å². The number of aromatic nitrogens is 1. The van der Waals surface area contributed by atoms with E-state index in [1.165, 1.54) is 0 Å². The molecule has 0 radical (unpaired) electrons. The maximum Gasteiger partial charge on any atom is 0.124 e. The topological polar surface area (TPSA) is 36.7 Å². The lowest BCUT2D eigenvalue weighted by Gasteiger charge is -2.13. The van der Waals surface area contributed by atoms with Gasteiger partial charge >= 0.3 is 0 Å². The summed E-state index contributed by atoms with van der Waals surface area (Å²) in [6.07, 6.45) is 0. The van der Waals surface area contributed by atoms with Crippen molar-refractivity contribution in [1.82, 2.24) is 4.98 Å². The largest absolute Gasteiger partial charge is 0.244 e. The molecular weight excluding hydrogens is 252 g/mol. The maximum absolute atomic E-state index is 9.06. The van der Waals surface area contributed by atoms with Gasteiger partial charge in [-0.3, -0.25) is 0 Å². The van der Waals surface area contributed by atoms with Gasteiger partial charge < -0.3 is 0 Å². The average molecular weight is 267 g/mol. The number of hydrogen-bond acceptors (Lipinski definition) is 2. The highest BCUT2D eigenvalue weighted by molar-refractivity contribution is 9.10. The lowest BCUT2D eigenvalue weighted by molar-refractivity contribution is 0.792. The smallest absolute Gasteiger partial charge is 0.124 e. The molecule has 1 aromatic heterocycles. The fraction of sp³-hybridized carbons (Fsp3) is 0.500. The van der Waals surface area contributed by atoms with Crippen LogP contribution in [0.1, 0.15) is 56.4 Å². The van der Waals surface area contributed by atoms with Crippen LogP contribution in [-0.4, -0.2) is 4.98 Å². The first kappa shape index (κ1) is 12.2. The first-order valence-electron chi connectivity index (χ1n) is 5.07. The molecule has 0 amide bonds. The van der Waals surface area contributed by atoms with Crippen molar-refractivity contribution in [3.63, 3.8) is 0 Å². The Kier molecular flexibility index (Phi) is 3.87. The minimum Gasteiger partial charge on any atom is -0.244 e. The van der Waals surface area contributed by atoms with Crippen LogP contribution in [-0.2, 0) is 0 Å². The van der Waals surface area contributed by atoms with Crippen molar-refractivity contribution in [1.29, 1.82) is 5.26 Å². The van der Waals surface area contributed by atoms with Gasteiger partial charge in [0.15, 0.2) is 0 Å². The van der Waals surface area contributed by atoms with E-state index in [2.05, 4.69) is 54.7 Å². The summed E-state index contributed by atoms with van der Waals surface area (Å²) in [4.78, 5) is 4.38. The molecule has 0 aromatic carbocycles. The van der Waals surface area contributed by atoms with Crippen molar-refractivity contribution < 1.29 is 0 Å². The van der Waals surface area contributed by atoms with E-state index in [1.54, 1.807) is 0 Å². The summed E-state index contributed by atoms with van der Waals surface area (Å²) < 4.78 is 0.667. The summed E-state index contributed by atoms with van der Waals surface area (Å²) >= 11 is 3.36. The van der Waals surface area contributed by atoms with Crippen LogP contribution in [0, 0.1) is 11.3 Å². The summed E-state index contributed by atoms with van der Waals surface area (Å²) in [7, 11) is 0. The van der Waals surface area contributed by atoms with Gasteiger partial charge in [0.2, 0.25) is 0 Å². The molecule has 0 saturated carbocycles. The fourth-order valence-corrected chi connectivity index (χ4v) is 1.94. The summed E-state index contributed by atoms with van der Waals surface area (Å²) in [5.41, 5.74) is 2.77. The highest BCUT2D eigenvalue weighted by Crippen LogP contribution is 2.27. The van der Waals surface area contributed by atoms with Crippen LogP contribution in [0.5, 0.6) is 0 Å². The van der Waals surface area contributed by atoms with Gasteiger partial charge in [-0.2, -0.15) is 5.26 Å². The van der Waals surface area contributed by atoms with E-state index in [4.69, 9.17) is 5.26 Å². The lowest BCUT2D eigenvalue weighted by Crippen LogP contribution is -2.01. The second-order valence-corrected chi connectivity index (χ2v) is 4.97. The van der Waals surface area contributed by atoms with E-state index in [9.17, 15) is 0 Å². The van der Waals surface area contributed by atoms with Gasteiger partial charge in [-0.15, -0.1) is 0 Å². The SMILES string of the molecule is CC(C)c1cc(C(C)C)c(C#N)c(Br)n1. The molecule has 0 aliphatic heterocycles. The predicted octanol–water partition coefficient (Wildman–Crippen LogP) is 3.96. The Balaban J connectivity index is 3.40. The summed E-state index contributed by atoms with van der Waals surface area (Å²) in [5, 5.41) is 9.06. The Morgan fingerprint density at radius 3 is 2.27 bits per heavy atom. The zero-order valence-corrected chi connectivity index (χ0v) is 11.1. The van der Waals surface area contributed by atoms with Crippen LogP contribution in [0.3, 0.4) is 0 Å². The summed E-state index contributed by atoms with van der Waals surface area (Å²) in [6, 6.07) is 4.24. The monoisotopic (exact) mass is 266 g/mol. The molecule has 0 aliphatic rings. The second-order valence-electron chi connectivity index (χ2n) is 4.22. The van der Waals surface area contributed by atoms with Gasteiger partial charge in [-0.05, 0) is 39.4 Å². The van der Waals surface area contributed by atoms with Crippen molar-refractivity contribution >= 4 is 15.9 Å². The molecule has 1 rings (SSSR count). The van der Waals surface area contributed by atoms with Crippen LogP contribution < -0.4 is 0 Å². The van der Waals surface area contributed by atoms with Crippen LogP contribution in [0.4, 0.5) is 0 Å². The minimum absolute atomic E-state index is 0.344. The van der Waals surface area contributed by atoms with Crippen molar-refractivity contribution in [3.8, 4) is 6.07 Å². The molecule has 0 bridgehead atoms. The predicted molar refractivity (Wildman–Crippen MR) is 64.8 cm³/mol. The Labute approximate surface area is 99.5 Å². The molecule has 0 atom stereocenters. The number of halogens is 1. The highest BCUT2D eigenvalue weighted by Gasteiger charge is 2.14. The van der Waals surface area contributed by atoms with E-state index in [-0.39, 0.29) is 0 Å². The first-order chi connectivity index (χ1) is 6.97. The molecular formula is C12H15BrN2. The normalized spacial score (nSPS) is 10.8. The average Bonchev–Trinajstić information content (AvgIpc) is 2.16. The van der Waals surface area contributed by atoms with E-state index in [0.29, 0.717) is 22.0 Å². The minimum atomic E-state index is 0.344. The molecule has 0 unspecified atom stereocenters. The molecule has 15 heavy (non-hydrogen) atoms. The van der Waals surface area contributed by atoms with Gasteiger partial charge in [0, 0.05) is 5.69 Å². The first-order valence-corrected chi connectivity index (χ1v) is 5.87. The third kappa shape index (κ3) is 2.57. The third-order valence-corrected chi connectivity index (χ3v) is 2.92. The Morgan fingerprint density at radius 2 is 1.87 bits per heavy atom. The number of rotatable bonds is 2. The van der Waals surface area contributed by atoms with Crippen LogP contribution in [0.25, 0.3) is 0 Å². The Bertz CT molecular complexity index is 403. The van der Waals surface area contributed by atoms with Gasteiger partial charge in [0.1, 0.15) is 10.7 Å². The van der Waals surface area contributed by atoms with Crippen LogP contribution >= 0.6 is 15.9 Å². The third-order valence-electron chi connectivity index (χ3n) is 2.35. The van der Waals surface area contributed by atoms with Crippen molar-refractivity contribution in [2.24, 2.45) is 0 Å². The molecule has 1 heterocycles. The summed E-state index contributed by atoms with van der Waals surface area (Å²) in [5.74, 6) is 0.725. The van der Waals surface area contributed by atoms with Gasteiger partial charge in [-0.1, -0.05) is 27.7 Å². The molecule has 3 heteroatoms. The number of nitriles is 1. The Morgan fingerprint density at radius 1 is 1.27 bits per heavy atom. The van der Waals surface area contributed by atoms with Gasteiger partial charge in [-0.25, -0.2) is 4.98 Å². The van der Waals surface area contributed by atoms with Crippen molar-refractivity contribution in [2.75, 3.05) is 0 Å². The molecule has 0 aliphatic carbocycles. The zero-order chi connectivity index (χ0) is 11.6. The molecule has 0 fully saturated rings. The standard InChI is InChI=1S/C12H15BrN2/c1-7(2)9-5-11(8(3)4)15-12(13)10(9)6-14/h5,7-8H,1-4H3. The number of nitrogens with zero attached hydrogens (tertiary/aromatic N) is 2. The molecule has 2 nitrogen and oxygen atoms in total. The molecule has 80 valence electrons. The molecule has 0 N–H and O–H groups in total. The van der Waals surface area contributed by atoms with E-state index < -0.39 is 0 Å². The summed E-state index contributed by atoms with van der Waals surface area (Å²) in [6.45, 7) is 8.38. The lowest BCUT2D eigenvalue weighted by atomic mass is 9.96. The maximum atomic E-state index is 9.06. The molecule has 0 spiro atoms. The van der Waals surface area contributed by atoms with Gasteiger partial charge in [0.05, 0.1) is 5.56 Å². The van der Waals surface area contributed by atoms with Crippen molar-refractivity contribution in [2.45, 2.75) is 39.5 Å². The number of pyridine rings is 1. The van der Waals surface area contributed by atoms with Crippen LogP contribution in [0.2, 0.25) is 0 Å². The molecule has 1 aromatic rings. The van der Waals surface area contributed by atoms with Crippen LogP contribution in [0.15, 0.2) is 10.7 Å². The number of hydrogen-bond donors (Lipinski definition) is 0. The van der Waals surface area contributed by atoms with Crippen molar-refractivity contribution in [3.05, 3.63) is 27.5 Å². The zero-order valence-electron chi connectivity index (χ0n) is 9.50. The Hall–Kier alpha value is -0.880. The van der Waals surface area contributed by atoms with E-state index in [0.717, 1.165) is 11.3 Å².